The largest absolute Gasteiger partial charge is 0.465 e. The summed E-state index contributed by atoms with van der Waals surface area (Å²) >= 11 is 1.64. The van der Waals surface area contributed by atoms with E-state index < -0.39 is 6.09 Å². The average molecular weight is 340 g/mol. The zero-order valence-electron chi connectivity index (χ0n) is 14.7. The SMILES string of the molecule is CN(C=O)C1SC=C(C(C)(C)C)C1(C)C1CCCCN1C(=O)O. The predicted molar refractivity (Wildman–Crippen MR) is 93.2 cm³/mol. The Morgan fingerprint density at radius 3 is 2.65 bits per heavy atom. The zero-order chi connectivity index (χ0) is 17.4. The van der Waals surface area contributed by atoms with E-state index in [0.29, 0.717) is 6.54 Å². The third-order valence-corrected chi connectivity index (χ3v) is 6.64. The van der Waals surface area contributed by atoms with Gasteiger partial charge in [-0.2, -0.15) is 0 Å². The molecule has 1 N–H and O–H groups in total. The van der Waals surface area contributed by atoms with Gasteiger partial charge in [-0.15, -0.1) is 11.8 Å². The first-order valence-electron chi connectivity index (χ1n) is 8.17. The number of hydrogen-bond donors (Lipinski definition) is 1. The van der Waals surface area contributed by atoms with E-state index in [9.17, 15) is 14.7 Å². The lowest BCUT2D eigenvalue weighted by atomic mass is 9.64. The molecule has 2 aliphatic rings. The van der Waals surface area contributed by atoms with Gasteiger partial charge in [-0.1, -0.05) is 27.7 Å². The summed E-state index contributed by atoms with van der Waals surface area (Å²) in [6.45, 7) is 9.20. The van der Waals surface area contributed by atoms with Crippen molar-refractivity contribution in [2.75, 3.05) is 13.6 Å². The molecule has 1 saturated heterocycles. The molecule has 23 heavy (non-hydrogen) atoms. The molecule has 130 valence electrons. The molecule has 6 heteroatoms. The Morgan fingerprint density at radius 1 is 1.48 bits per heavy atom. The molecule has 0 bridgehead atoms. The van der Waals surface area contributed by atoms with Crippen LogP contribution in [0, 0.1) is 10.8 Å². The van der Waals surface area contributed by atoms with Gasteiger partial charge in [-0.25, -0.2) is 4.79 Å². The van der Waals surface area contributed by atoms with Crippen molar-refractivity contribution in [1.82, 2.24) is 9.80 Å². The first kappa shape index (κ1) is 18.2. The number of piperidine rings is 1. The number of carbonyl (C=O) groups excluding carboxylic acids is 1. The Labute approximate surface area is 143 Å². The monoisotopic (exact) mass is 340 g/mol. The number of thioether (sulfide) groups is 1. The summed E-state index contributed by atoms with van der Waals surface area (Å²) in [5.74, 6) is 0. The average Bonchev–Trinajstić information content (AvgIpc) is 2.85. The Balaban J connectivity index is 2.50. The van der Waals surface area contributed by atoms with E-state index in [1.165, 1.54) is 5.57 Å². The van der Waals surface area contributed by atoms with Crippen molar-refractivity contribution in [2.24, 2.45) is 10.8 Å². The standard InChI is InChI=1S/C17H28N2O3S/c1-16(2,3)12-10-23-14(18(5)11-20)17(12,4)13-8-6-7-9-19(13)15(21)22/h10-11,13-14H,6-9H2,1-5H3,(H,21,22). The van der Waals surface area contributed by atoms with Crippen molar-refractivity contribution < 1.29 is 14.7 Å². The van der Waals surface area contributed by atoms with Crippen molar-refractivity contribution in [3.8, 4) is 0 Å². The fraction of sp³-hybridized carbons (Fsp3) is 0.765. The maximum absolute atomic E-state index is 11.8. The van der Waals surface area contributed by atoms with Crippen LogP contribution in [0.25, 0.3) is 0 Å². The van der Waals surface area contributed by atoms with Crippen molar-refractivity contribution in [1.29, 1.82) is 0 Å². The van der Waals surface area contributed by atoms with Gasteiger partial charge < -0.3 is 14.9 Å². The zero-order valence-corrected chi connectivity index (χ0v) is 15.5. The summed E-state index contributed by atoms with van der Waals surface area (Å²) < 4.78 is 0. The molecule has 0 aromatic rings. The molecule has 2 heterocycles. The highest BCUT2D eigenvalue weighted by Crippen LogP contribution is 2.57. The summed E-state index contributed by atoms with van der Waals surface area (Å²) in [6, 6.07) is -0.0957. The van der Waals surface area contributed by atoms with Crippen LogP contribution in [0.15, 0.2) is 11.0 Å². The van der Waals surface area contributed by atoms with Gasteiger partial charge >= 0.3 is 6.09 Å². The number of rotatable bonds is 3. The quantitative estimate of drug-likeness (QED) is 0.797. The van der Waals surface area contributed by atoms with Gasteiger partial charge in [0, 0.05) is 25.0 Å². The lowest BCUT2D eigenvalue weighted by Gasteiger charge is -2.51. The van der Waals surface area contributed by atoms with Crippen LogP contribution in [0.1, 0.15) is 47.0 Å². The van der Waals surface area contributed by atoms with Crippen molar-refractivity contribution in [2.45, 2.75) is 58.4 Å². The van der Waals surface area contributed by atoms with E-state index in [0.717, 1.165) is 25.7 Å². The lowest BCUT2D eigenvalue weighted by Crippen LogP contribution is -2.58. The summed E-state index contributed by atoms with van der Waals surface area (Å²) in [5.41, 5.74) is 0.797. The molecule has 3 unspecified atom stereocenters. The molecule has 2 aliphatic heterocycles. The summed E-state index contributed by atoms with van der Waals surface area (Å²) in [7, 11) is 1.79. The number of nitrogens with zero attached hydrogens (tertiary/aromatic N) is 2. The topological polar surface area (TPSA) is 60.9 Å². The van der Waals surface area contributed by atoms with Crippen LogP contribution in [0.3, 0.4) is 0 Å². The minimum atomic E-state index is -0.853. The number of likely N-dealkylation sites (tertiary alicyclic amines) is 1. The number of carboxylic acid groups (broad SMARTS) is 1. The van der Waals surface area contributed by atoms with E-state index in [1.54, 1.807) is 28.6 Å². The number of amides is 2. The van der Waals surface area contributed by atoms with Gasteiger partial charge in [-0.05, 0) is 35.7 Å². The molecule has 0 aromatic carbocycles. The summed E-state index contributed by atoms with van der Waals surface area (Å²) in [5, 5.41) is 11.8. The number of hydrogen-bond acceptors (Lipinski definition) is 3. The maximum atomic E-state index is 11.8. The number of carbonyl (C=O) groups is 2. The molecule has 2 rings (SSSR count). The first-order chi connectivity index (χ1) is 10.6. The second-order valence-electron chi connectivity index (χ2n) is 7.81. The normalized spacial score (nSPS) is 31.7. The molecule has 0 saturated carbocycles. The molecule has 2 amide bonds. The molecule has 5 nitrogen and oxygen atoms in total. The van der Waals surface area contributed by atoms with Gasteiger partial charge in [0.05, 0.1) is 5.37 Å². The van der Waals surface area contributed by atoms with E-state index in [1.807, 2.05) is 0 Å². The van der Waals surface area contributed by atoms with Crippen LogP contribution in [0.2, 0.25) is 0 Å². The lowest BCUT2D eigenvalue weighted by molar-refractivity contribution is -0.119. The molecule has 0 spiro atoms. The Bertz CT molecular complexity index is 514. The Morgan fingerprint density at radius 2 is 2.13 bits per heavy atom. The van der Waals surface area contributed by atoms with Crippen LogP contribution < -0.4 is 0 Å². The van der Waals surface area contributed by atoms with Crippen molar-refractivity contribution >= 4 is 24.3 Å². The van der Waals surface area contributed by atoms with E-state index in [2.05, 4.69) is 33.1 Å². The van der Waals surface area contributed by atoms with Crippen LogP contribution in [0.5, 0.6) is 0 Å². The highest BCUT2D eigenvalue weighted by atomic mass is 32.2. The minimum Gasteiger partial charge on any atom is -0.465 e. The predicted octanol–water partition coefficient (Wildman–Crippen LogP) is 3.62. The van der Waals surface area contributed by atoms with Gasteiger partial charge in [0.25, 0.3) is 0 Å². The summed E-state index contributed by atoms with van der Waals surface area (Å²) in [4.78, 5) is 26.5. The Hall–Kier alpha value is -1.17. The van der Waals surface area contributed by atoms with E-state index >= 15 is 0 Å². The third kappa shape index (κ3) is 3.10. The fourth-order valence-corrected chi connectivity index (χ4v) is 5.90. The molecule has 0 aromatic heterocycles. The van der Waals surface area contributed by atoms with Crippen molar-refractivity contribution in [3.63, 3.8) is 0 Å². The van der Waals surface area contributed by atoms with Crippen LogP contribution in [-0.4, -0.2) is 52.4 Å². The van der Waals surface area contributed by atoms with Crippen molar-refractivity contribution in [3.05, 3.63) is 11.0 Å². The maximum Gasteiger partial charge on any atom is 0.407 e. The second-order valence-corrected chi connectivity index (χ2v) is 8.77. The van der Waals surface area contributed by atoms with Gasteiger partial charge in [0.2, 0.25) is 6.41 Å². The molecular formula is C17H28N2O3S. The Kier molecular flexibility index (Phi) is 5.04. The van der Waals surface area contributed by atoms with E-state index in [4.69, 9.17) is 0 Å². The van der Waals surface area contributed by atoms with Crippen LogP contribution >= 0.6 is 11.8 Å². The fourth-order valence-electron chi connectivity index (χ4n) is 4.22. The highest BCUT2D eigenvalue weighted by molar-refractivity contribution is 8.03. The third-order valence-electron chi connectivity index (χ3n) is 5.19. The molecule has 3 atom stereocenters. The molecular weight excluding hydrogens is 312 g/mol. The minimum absolute atomic E-state index is 0.0676. The summed E-state index contributed by atoms with van der Waals surface area (Å²) in [6.07, 6.45) is 2.79. The van der Waals surface area contributed by atoms with Gasteiger partial charge in [-0.3, -0.25) is 4.79 Å². The van der Waals surface area contributed by atoms with Gasteiger partial charge in [0.15, 0.2) is 0 Å². The van der Waals surface area contributed by atoms with Crippen LogP contribution in [-0.2, 0) is 4.79 Å². The smallest absolute Gasteiger partial charge is 0.407 e. The second kappa shape index (κ2) is 6.38. The molecule has 0 aliphatic carbocycles. The van der Waals surface area contributed by atoms with E-state index in [-0.39, 0.29) is 22.2 Å². The first-order valence-corrected chi connectivity index (χ1v) is 9.11. The molecule has 1 fully saturated rings. The van der Waals surface area contributed by atoms with Gasteiger partial charge in [0.1, 0.15) is 0 Å². The molecule has 0 radical (unpaired) electrons. The highest BCUT2D eigenvalue weighted by Gasteiger charge is 2.55. The van der Waals surface area contributed by atoms with Crippen LogP contribution in [0.4, 0.5) is 4.79 Å².